The number of carboxylic acids is 1. The van der Waals surface area contributed by atoms with Gasteiger partial charge in [-0.15, -0.1) is 0 Å². The van der Waals surface area contributed by atoms with E-state index in [1.807, 2.05) is 0 Å². The molecule has 3 atom stereocenters. The number of unbranched alkanes of at least 4 members (excludes halogenated alkanes) is 3. The maximum Gasteiger partial charge on any atom is 0.303 e. The van der Waals surface area contributed by atoms with Crippen LogP contribution in [0, 0.1) is 11.8 Å². The predicted octanol–water partition coefficient (Wildman–Crippen LogP) is 3.91. The number of aliphatic carboxylic acids is 1. The number of carbonyl (C=O) groups is 2. The van der Waals surface area contributed by atoms with Crippen molar-refractivity contribution in [3.63, 3.8) is 0 Å². The van der Waals surface area contributed by atoms with E-state index in [-0.39, 0.29) is 18.4 Å². The second-order valence-electron chi connectivity index (χ2n) is 6.84. The Morgan fingerprint density at radius 1 is 1.23 bits per heavy atom. The first-order valence-electron chi connectivity index (χ1n) is 9.04. The van der Waals surface area contributed by atoms with E-state index in [0.29, 0.717) is 11.7 Å². The SMILES string of the molecule is CCCC(N)CC[C@H]1CCC(=O)[C@@H]1CCCCCCC(=O)O. The van der Waals surface area contributed by atoms with Gasteiger partial charge < -0.3 is 10.8 Å². The summed E-state index contributed by atoms with van der Waals surface area (Å²) < 4.78 is 0. The standard InChI is InChI=1S/C18H33NO3/c1-2-7-15(19)12-10-14-11-13-17(20)16(14)8-5-3-4-6-9-18(21)22/h14-16H,2-13,19H2,1H3,(H,21,22)/t14-,15?,16+/m0/s1. The van der Waals surface area contributed by atoms with Crippen molar-refractivity contribution in [1.29, 1.82) is 0 Å². The van der Waals surface area contributed by atoms with E-state index in [0.717, 1.165) is 70.6 Å². The molecule has 1 saturated carbocycles. The molecule has 4 nitrogen and oxygen atoms in total. The lowest BCUT2D eigenvalue weighted by molar-refractivity contribution is -0.137. The van der Waals surface area contributed by atoms with Crippen molar-refractivity contribution in [2.75, 3.05) is 0 Å². The second kappa shape index (κ2) is 10.8. The molecule has 0 aromatic heterocycles. The van der Waals surface area contributed by atoms with E-state index < -0.39 is 5.97 Å². The van der Waals surface area contributed by atoms with Crippen LogP contribution in [0.4, 0.5) is 0 Å². The number of hydrogen-bond acceptors (Lipinski definition) is 3. The zero-order chi connectivity index (χ0) is 16.4. The molecule has 0 spiro atoms. The molecule has 0 bridgehead atoms. The van der Waals surface area contributed by atoms with E-state index in [2.05, 4.69) is 6.92 Å². The Bertz CT molecular complexity index is 343. The quantitative estimate of drug-likeness (QED) is 0.535. The lowest BCUT2D eigenvalue weighted by Gasteiger charge is -2.20. The molecule has 4 heteroatoms. The van der Waals surface area contributed by atoms with Gasteiger partial charge in [0.25, 0.3) is 0 Å². The first kappa shape index (κ1) is 19.1. The van der Waals surface area contributed by atoms with E-state index in [1.54, 1.807) is 0 Å². The normalized spacial score (nSPS) is 22.9. The highest BCUT2D eigenvalue weighted by atomic mass is 16.4. The number of rotatable bonds is 12. The molecule has 1 aliphatic carbocycles. The number of ketones is 1. The van der Waals surface area contributed by atoms with Gasteiger partial charge in [-0.25, -0.2) is 0 Å². The van der Waals surface area contributed by atoms with Crippen LogP contribution in [0.1, 0.15) is 84.0 Å². The Balaban J connectivity index is 2.21. The Morgan fingerprint density at radius 2 is 1.95 bits per heavy atom. The molecule has 22 heavy (non-hydrogen) atoms. The van der Waals surface area contributed by atoms with Crippen LogP contribution in [0.5, 0.6) is 0 Å². The monoisotopic (exact) mass is 311 g/mol. The highest BCUT2D eigenvalue weighted by Gasteiger charge is 2.33. The van der Waals surface area contributed by atoms with Gasteiger partial charge in [0.1, 0.15) is 5.78 Å². The largest absolute Gasteiger partial charge is 0.481 e. The van der Waals surface area contributed by atoms with Gasteiger partial charge in [0.2, 0.25) is 0 Å². The van der Waals surface area contributed by atoms with Crippen molar-refractivity contribution in [1.82, 2.24) is 0 Å². The molecule has 0 amide bonds. The van der Waals surface area contributed by atoms with Gasteiger partial charge in [0.05, 0.1) is 0 Å². The molecule has 0 aromatic carbocycles. The lowest BCUT2D eigenvalue weighted by Crippen LogP contribution is -2.22. The number of nitrogens with two attached hydrogens (primary N) is 1. The molecular formula is C18H33NO3. The first-order chi connectivity index (χ1) is 10.5. The molecule has 0 aliphatic heterocycles. The second-order valence-corrected chi connectivity index (χ2v) is 6.84. The molecular weight excluding hydrogens is 278 g/mol. The molecule has 1 rings (SSSR count). The van der Waals surface area contributed by atoms with Gasteiger partial charge >= 0.3 is 5.97 Å². The van der Waals surface area contributed by atoms with Crippen LogP contribution in [-0.2, 0) is 9.59 Å². The van der Waals surface area contributed by atoms with Gasteiger partial charge in [-0.05, 0) is 44.4 Å². The fourth-order valence-electron chi connectivity index (χ4n) is 3.66. The lowest BCUT2D eigenvalue weighted by atomic mass is 9.85. The predicted molar refractivity (Wildman–Crippen MR) is 88.7 cm³/mol. The zero-order valence-corrected chi connectivity index (χ0v) is 14.1. The summed E-state index contributed by atoms with van der Waals surface area (Å²) in [6.45, 7) is 2.16. The van der Waals surface area contributed by atoms with Crippen LogP contribution < -0.4 is 5.73 Å². The summed E-state index contributed by atoms with van der Waals surface area (Å²) >= 11 is 0. The topological polar surface area (TPSA) is 80.4 Å². The van der Waals surface area contributed by atoms with Crippen molar-refractivity contribution < 1.29 is 14.7 Å². The van der Waals surface area contributed by atoms with E-state index >= 15 is 0 Å². The summed E-state index contributed by atoms with van der Waals surface area (Å²) in [4.78, 5) is 22.5. The van der Waals surface area contributed by atoms with Gasteiger partial charge in [0.15, 0.2) is 0 Å². The Labute approximate surface area is 134 Å². The van der Waals surface area contributed by atoms with Gasteiger partial charge in [-0.3, -0.25) is 9.59 Å². The van der Waals surface area contributed by atoms with Crippen LogP contribution in [0.15, 0.2) is 0 Å². The Morgan fingerprint density at radius 3 is 2.64 bits per heavy atom. The fourth-order valence-corrected chi connectivity index (χ4v) is 3.66. The van der Waals surface area contributed by atoms with E-state index in [9.17, 15) is 9.59 Å². The first-order valence-corrected chi connectivity index (χ1v) is 9.04. The smallest absolute Gasteiger partial charge is 0.303 e. The molecule has 1 fully saturated rings. The minimum Gasteiger partial charge on any atom is -0.481 e. The van der Waals surface area contributed by atoms with Crippen LogP contribution in [0.3, 0.4) is 0 Å². The van der Waals surface area contributed by atoms with Crippen molar-refractivity contribution >= 4 is 11.8 Å². The fraction of sp³-hybridized carbons (Fsp3) is 0.889. The number of carboxylic acid groups (broad SMARTS) is 1. The molecule has 1 aliphatic rings. The summed E-state index contributed by atoms with van der Waals surface area (Å²) in [6.07, 6.45) is 11.2. The molecule has 0 saturated heterocycles. The van der Waals surface area contributed by atoms with Crippen LogP contribution in [0.2, 0.25) is 0 Å². The van der Waals surface area contributed by atoms with Crippen LogP contribution in [0.25, 0.3) is 0 Å². The summed E-state index contributed by atoms with van der Waals surface area (Å²) in [5.41, 5.74) is 6.09. The van der Waals surface area contributed by atoms with E-state index in [4.69, 9.17) is 10.8 Å². The Hall–Kier alpha value is -0.900. The van der Waals surface area contributed by atoms with Gasteiger partial charge in [-0.1, -0.05) is 32.6 Å². The highest BCUT2D eigenvalue weighted by molar-refractivity contribution is 5.83. The van der Waals surface area contributed by atoms with Gasteiger partial charge in [-0.2, -0.15) is 0 Å². The third-order valence-electron chi connectivity index (χ3n) is 4.97. The molecule has 0 radical (unpaired) electrons. The number of Topliss-reactive ketones (excluding diaryl/α,β-unsaturated/α-hetero) is 1. The molecule has 3 N–H and O–H groups in total. The van der Waals surface area contributed by atoms with Crippen molar-refractivity contribution in [3.05, 3.63) is 0 Å². The molecule has 128 valence electrons. The molecule has 0 aromatic rings. The minimum atomic E-state index is -0.713. The zero-order valence-electron chi connectivity index (χ0n) is 14.1. The summed E-state index contributed by atoms with van der Waals surface area (Å²) in [7, 11) is 0. The minimum absolute atomic E-state index is 0.244. The third-order valence-corrected chi connectivity index (χ3v) is 4.97. The number of hydrogen-bond donors (Lipinski definition) is 2. The van der Waals surface area contributed by atoms with E-state index in [1.165, 1.54) is 0 Å². The van der Waals surface area contributed by atoms with Crippen molar-refractivity contribution in [2.24, 2.45) is 17.6 Å². The summed E-state index contributed by atoms with van der Waals surface area (Å²) in [5.74, 6) is 0.511. The van der Waals surface area contributed by atoms with Crippen LogP contribution >= 0.6 is 0 Å². The Kier molecular flexibility index (Phi) is 9.37. The van der Waals surface area contributed by atoms with Crippen molar-refractivity contribution in [3.8, 4) is 0 Å². The maximum absolute atomic E-state index is 12.1. The number of carbonyl (C=O) groups excluding carboxylic acids is 1. The maximum atomic E-state index is 12.1. The average Bonchev–Trinajstić information content (AvgIpc) is 2.81. The summed E-state index contributed by atoms with van der Waals surface area (Å²) in [5, 5.41) is 8.60. The highest BCUT2D eigenvalue weighted by Crippen LogP contribution is 2.36. The van der Waals surface area contributed by atoms with Crippen molar-refractivity contribution in [2.45, 2.75) is 90.0 Å². The molecule has 0 heterocycles. The average molecular weight is 311 g/mol. The molecule has 1 unspecified atom stereocenters. The van der Waals surface area contributed by atoms with Crippen LogP contribution in [-0.4, -0.2) is 22.9 Å². The van der Waals surface area contributed by atoms with Gasteiger partial charge in [0, 0.05) is 24.8 Å². The summed E-state index contributed by atoms with van der Waals surface area (Å²) in [6, 6.07) is 0.289. The third kappa shape index (κ3) is 7.39.